The van der Waals surface area contributed by atoms with E-state index in [1.165, 1.54) is 0 Å². The Kier molecular flexibility index (Phi) is 11.6. The molecule has 72 valence electrons. The first-order chi connectivity index (χ1) is 5.66. The second-order valence-electron chi connectivity index (χ2n) is 2.16. The Balaban J connectivity index is 0. The summed E-state index contributed by atoms with van der Waals surface area (Å²) in [5.74, 6) is 0.765. The van der Waals surface area contributed by atoms with Crippen molar-refractivity contribution in [1.82, 2.24) is 5.48 Å². The molecule has 0 aromatic carbocycles. The van der Waals surface area contributed by atoms with Gasteiger partial charge >= 0.3 is 0 Å². The van der Waals surface area contributed by atoms with Crippen LogP contribution in [0.5, 0.6) is 0 Å². The van der Waals surface area contributed by atoms with Gasteiger partial charge in [-0.3, -0.25) is 15.3 Å². The average Bonchev–Trinajstić information content (AvgIpc) is 2.07. The largest absolute Gasteiger partial charge is 0.274 e. The molecule has 0 aromatic heterocycles. The molecule has 0 aliphatic rings. The third-order valence-corrected chi connectivity index (χ3v) is 0.874. The SMILES string of the molecule is C=C(C)CONC(C)=NC.CC. The van der Waals surface area contributed by atoms with E-state index in [0.717, 1.165) is 11.4 Å². The van der Waals surface area contributed by atoms with Crippen LogP contribution in [0, 0.1) is 0 Å². The summed E-state index contributed by atoms with van der Waals surface area (Å²) in [4.78, 5) is 8.80. The van der Waals surface area contributed by atoms with E-state index in [1.807, 2.05) is 27.7 Å². The molecule has 0 aromatic rings. The van der Waals surface area contributed by atoms with Crippen molar-refractivity contribution >= 4 is 5.84 Å². The Bertz CT molecular complexity index is 141. The summed E-state index contributed by atoms with van der Waals surface area (Å²) < 4.78 is 0. The zero-order chi connectivity index (χ0) is 9.98. The van der Waals surface area contributed by atoms with Crippen LogP contribution >= 0.6 is 0 Å². The molecule has 0 rings (SSSR count). The lowest BCUT2D eigenvalue weighted by molar-refractivity contribution is 0.105. The van der Waals surface area contributed by atoms with E-state index in [9.17, 15) is 0 Å². The van der Waals surface area contributed by atoms with Gasteiger partial charge in [-0.2, -0.15) is 0 Å². The zero-order valence-electron chi connectivity index (χ0n) is 8.77. The third-order valence-electron chi connectivity index (χ3n) is 0.874. The van der Waals surface area contributed by atoms with E-state index in [0.29, 0.717) is 6.61 Å². The van der Waals surface area contributed by atoms with Crippen molar-refractivity contribution in [3.63, 3.8) is 0 Å². The third kappa shape index (κ3) is 11.9. The molecule has 0 radical (unpaired) electrons. The molecule has 0 aliphatic carbocycles. The van der Waals surface area contributed by atoms with Crippen molar-refractivity contribution in [2.24, 2.45) is 4.99 Å². The van der Waals surface area contributed by atoms with Crippen LogP contribution < -0.4 is 5.48 Å². The predicted octanol–water partition coefficient (Wildman–Crippen LogP) is 2.16. The first-order valence-corrected chi connectivity index (χ1v) is 4.12. The quantitative estimate of drug-likeness (QED) is 0.306. The van der Waals surface area contributed by atoms with Crippen molar-refractivity contribution in [3.05, 3.63) is 12.2 Å². The molecular weight excluding hydrogens is 152 g/mol. The van der Waals surface area contributed by atoms with Gasteiger partial charge in [0.1, 0.15) is 5.84 Å². The van der Waals surface area contributed by atoms with Crippen LogP contribution in [0.3, 0.4) is 0 Å². The molecule has 3 nitrogen and oxygen atoms in total. The van der Waals surface area contributed by atoms with E-state index in [1.54, 1.807) is 7.05 Å². The van der Waals surface area contributed by atoms with Gasteiger partial charge in [-0.05, 0) is 13.8 Å². The Labute approximate surface area is 75.5 Å². The fourth-order valence-corrected chi connectivity index (χ4v) is 0.309. The second kappa shape index (κ2) is 10.2. The molecule has 0 saturated carbocycles. The Morgan fingerprint density at radius 3 is 2.25 bits per heavy atom. The van der Waals surface area contributed by atoms with Gasteiger partial charge in [0, 0.05) is 7.05 Å². The molecule has 3 heteroatoms. The molecule has 12 heavy (non-hydrogen) atoms. The van der Waals surface area contributed by atoms with Gasteiger partial charge < -0.3 is 0 Å². The number of rotatable bonds is 3. The molecule has 0 atom stereocenters. The topological polar surface area (TPSA) is 33.6 Å². The summed E-state index contributed by atoms with van der Waals surface area (Å²) in [5, 5.41) is 0. The summed E-state index contributed by atoms with van der Waals surface area (Å²) >= 11 is 0. The standard InChI is InChI=1S/C7H14N2O.C2H6/c1-6(2)5-10-9-7(3)8-4;1-2/h1,5H2,2-4H3,(H,8,9);1-2H3. The number of amidine groups is 1. The minimum Gasteiger partial charge on any atom is -0.274 e. The highest BCUT2D eigenvalue weighted by molar-refractivity contribution is 5.78. The minimum atomic E-state index is 0.521. The van der Waals surface area contributed by atoms with Crippen LogP contribution in [0.15, 0.2) is 17.1 Å². The molecular formula is C9H20N2O. The predicted molar refractivity (Wildman–Crippen MR) is 54.3 cm³/mol. The van der Waals surface area contributed by atoms with Crippen LogP contribution in [0.1, 0.15) is 27.7 Å². The second-order valence-corrected chi connectivity index (χ2v) is 2.16. The van der Waals surface area contributed by atoms with Crippen molar-refractivity contribution in [2.75, 3.05) is 13.7 Å². The summed E-state index contributed by atoms with van der Waals surface area (Å²) in [6.07, 6.45) is 0. The number of nitrogens with zero attached hydrogens (tertiary/aromatic N) is 1. The van der Waals surface area contributed by atoms with Gasteiger partial charge in [-0.25, -0.2) is 0 Å². The monoisotopic (exact) mass is 172 g/mol. The number of hydrogen-bond acceptors (Lipinski definition) is 2. The van der Waals surface area contributed by atoms with Gasteiger partial charge in [-0.1, -0.05) is 26.0 Å². The van der Waals surface area contributed by atoms with Crippen LogP contribution in [0.4, 0.5) is 0 Å². The van der Waals surface area contributed by atoms with Gasteiger partial charge in [0.25, 0.3) is 0 Å². The maximum Gasteiger partial charge on any atom is 0.117 e. The number of hydrogen-bond donors (Lipinski definition) is 1. The Morgan fingerprint density at radius 1 is 1.42 bits per heavy atom. The smallest absolute Gasteiger partial charge is 0.117 e. The van der Waals surface area contributed by atoms with Crippen LogP contribution in [0.2, 0.25) is 0 Å². The van der Waals surface area contributed by atoms with Gasteiger partial charge in [0.2, 0.25) is 0 Å². The summed E-state index contributed by atoms with van der Waals surface area (Å²) in [6, 6.07) is 0. The van der Waals surface area contributed by atoms with Gasteiger partial charge in [0.05, 0.1) is 6.61 Å². The van der Waals surface area contributed by atoms with Crippen LogP contribution in [-0.4, -0.2) is 19.5 Å². The fourth-order valence-electron chi connectivity index (χ4n) is 0.309. The van der Waals surface area contributed by atoms with Gasteiger partial charge in [0.15, 0.2) is 0 Å². The van der Waals surface area contributed by atoms with Crippen LogP contribution in [0.25, 0.3) is 0 Å². The normalized spacial score (nSPS) is 9.92. The molecule has 0 saturated heterocycles. The van der Waals surface area contributed by atoms with Crippen molar-refractivity contribution in [3.8, 4) is 0 Å². The Hall–Kier alpha value is -0.830. The first kappa shape index (κ1) is 13.7. The molecule has 0 amide bonds. The number of hydroxylamine groups is 1. The molecule has 0 bridgehead atoms. The lowest BCUT2D eigenvalue weighted by Crippen LogP contribution is -2.21. The first-order valence-electron chi connectivity index (χ1n) is 4.12. The highest BCUT2D eigenvalue weighted by Gasteiger charge is 1.87. The zero-order valence-corrected chi connectivity index (χ0v) is 8.77. The highest BCUT2D eigenvalue weighted by atomic mass is 16.6. The van der Waals surface area contributed by atoms with Crippen molar-refractivity contribution in [2.45, 2.75) is 27.7 Å². The van der Waals surface area contributed by atoms with E-state index < -0.39 is 0 Å². The molecule has 0 heterocycles. The lowest BCUT2D eigenvalue weighted by Gasteiger charge is -2.04. The van der Waals surface area contributed by atoms with E-state index >= 15 is 0 Å². The van der Waals surface area contributed by atoms with E-state index in [-0.39, 0.29) is 0 Å². The van der Waals surface area contributed by atoms with Crippen molar-refractivity contribution < 1.29 is 4.84 Å². The lowest BCUT2D eigenvalue weighted by atomic mass is 10.4. The summed E-state index contributed by atoms with van der Waals surface area (Å²) in [5.41, 5.74) is 3.64. The fraction of sp³-hybridized carbons (Fsp3) is 0.667. The Morgan fingerprint density at radius 2 is 1.92 bits per heavy atom. The van der Waals surface area contributed by atoms with Crippen LogP contribution in [-0.2, 0) is 4.84 Å². The maximum absolute atomic E-state index is 4.97. The van der Waals surface area contributed by atoms with Gasteiger partial charge in [-0.15, -0.1) is 0 Å². The molecule has 0 unspecified atom stereocenters. The summed E-state index contributed by atoms with van der Waals surface area (Å²) in [6.45, 7) is 11.9. The molecule has 0 fully saturated rings. The van der Waals surface area contributed by atoms with Crippen molar-refractivity contribution in [1.29, 1.82) is 0 Å². The number of nitrogens with one attached hydrogen (secondary N) is 1. The minimum absolute atomic E-state index is 0.521. The average molecular weight is 172 g/mol. The number of aliphatic imine (C=N–C) groups is 1. The highest BCUT2D eigenvalue weighted by Crippen LogP contribution is 1.84. The molecule has 1 N–H and O–H groups in total. The molecule has 0 spiro atoms. The summed E-state index contributed by atoms with van der Waals surface area (Å²) in [7, 11) is 1.70. The van der Waals surface area contributed by atoms with E-state index in [4.69, 9.17) is 4.84 Å². The maximum atomic E-state index is 4.97. The van der Waals surface area contributed by atoms with E-state index in [2.05, 4.69) is 17.1 Å². The molecule has 0 aliphatic heterocycles.